The van der Waals surface area contributed by atoms with Crippen molar-refractivity contribution < 1.29 is 35.6 Å². The van der Waals surface area contributed by atoms with Crippen LogP contribution < -0.4 is 10.0 Å². The Balaban J connectivity index is 2.25. The number of sulfonamides is 1. The second-order valence-corrected chi connectivity index (χ2v) is 10.2. The van der Waals surface area contributed by atoms with Crippen molar-refractivity contribution in [2.75, 3.05) is 18.4 Å². The zero-order valence-corrected chi connectivity index (χ0v) is 19.0. The van der Waals surface area contributed by atoms with Gasteiger partial charge in [-0.15, -0.1) is 0 Å². The van der Waals surface area contributed by atoms with Crippen LogP contribution in [-0.2, 0) is 14.8 Å². The van der Waals surface area contributed by atoms with Crippen molar-refractivity contribution in [1.82, 2.24) is 9.62 Å². The molecule has 1 aromatic rings. The van der Waals surface area contributed by atoms with Gasteiger partial charge in [0.2, 0.25) is 15.9 Å². The number of nitrogens with one attached hydrogen (secondary N) is 2. The molecule has 0 radical (unpaired) electrons. The van der Waals surface area contributed by atoms with Crippen molar-refractivity contribution in [1.29, 1.82) is 0 Å². The average Bonchev–Trinajstić information content (AvgIpc) is 2.62. The molecule has 2 rings (SSSR count). The quantitative estimate of drug-likeness (QED) is 0.599. The fraction of sp³-hybridized carbons (Fsp3) is 0.600. The molecule has 1 unspecified atom stereocenters. The minimum Gasteiger partial charge on any atom is -0.332 e. The summed E-state index contributed by atoms with van der Waals surface area (Å²) in [5.74, 6) is -2.12. The van der Waals surface area contributed by atoms with Crippen molar-refractivity contribution in [3.8, 4) is 0 Å². The second kappa shape index (κ2) is 9.63. The number of anilines is 1. The van der Waals surface area contributed by atoms with Crippen LogP contribution in [-0.4, -0.2) is 49.8 Å². The third kappa shape index (κ3) is 6.33. The molecule has 180 valence electrons. The number of halogens is 4. The lowest BCUT2D eigenvalue weighted by molar-refractivity contribution is -0.163. The largest absolute Gasteiger partial charge is 0.406 e. The van der Waals surface area contributed by atoms with Crippen LogP contribution in [0.1, 0.15) is 63.5 Å². The number of urea groups is 1. The maximum atomic E-state index is 14.0. The first-order chi connectivity index (χ1) is 14.6. The van der Waals surface area contributed by atoms with Gasteiger partial charge in [-0.25, -0.2) is 22.3 Å². The lowest BCUT2D eigenvalue weighted by Crippen LogP contribution is -2.54. The first kappa shape index (κ1) is 25.9. The van der Waals surface area contributed by atoms with Crippen LogP contribution in [0, 0.1) is 5.82 Å². The summed E-state index contributed by atoms with van der Waals surface area (Å²) in [4.78, 5) is 25.3. The van der Waals surface area contributed by atoms with Crippen LogP contribution in [0.2, 0.25) is 0 Å². The molecule has 1 aromatic carbocycles. The molecule has 0 aromatic heterocycles. The van der Waals surface area contributed by atoms with Gasteiger partial charge in [0.25, 0.3) is 0 Å². The molecule has 0 aliphatic carbocycles. The van der Waals surface area contributed by atoms with Gasteiger partial charge in [-0.1, -0.05) is 27.7 Å². The Morgan fingerprint density at radius 3 is 2.16 bits per heavy atom. The van der Waals surface area contributed by atoms with Gasteiger partial charge in [0.15, 0.2) is 5.25 Å². The molecule has 1 saturated heterocycles. The van der Waals surface area contributed by atoms with Crippen molar-refractivity contribution in [3.63, 3.8) is 0 Å². The van der Waals surface area contributed by atoms with Gasteiger partial charge < -0.3 is 10.2 Å². The Hall–Kier alpha value is -2.37. The van der Waals surface area contributed by atoms with E-state index >= 15 is 0 Å². The summed E-state index contributed by atoms with van der Waals surface area (Å²) in [7, 11) is -4.61. The smallest absolute Gasteiger partial charge is 0.332 e. The molecule has 1 aliphatic rings. The van der Waals surface area contributed by atoms with Crippen LogP contribution >= 0.6 is 0 Å². The standard InChI is InChI=1S/C20H27F4N3O4S/c1-11(2)14-8-13(21)9-15(12(3)4)17(14)25-19(29)26-32(30,31)16-6-5-7-27(18(16)28)10-20(22,23)24/h8-9,11-12,16H,5-7,10H2,1-4H3,(H2,25,26,29). The summed E-state index contributed by atoms with van der Waals surface area (Å²) in [6.07, 6.45) is -4.84. The summed E-state index contributed by atoms with van der Waals surface area (Å²) in [6, 6.07) is 1.29. The Kier molecular flexibility index (Phi) is 7.79. The van der Waals surface area contributed by atoms with E-state index in [0.717, 1.165) is 0 Å². The van der Waals surface area contributed by atoms with Crippen molar-refractivity contribution in [3.05, 3.63) is 29.1 Å². The molecular formula is C20H27F4N3O4S. The molecule has 1 aliphatic heterocycles. The Bertz CT molecular complexity index is 949. The van der Waals surface area contributed by atoms with Crippen LogP contribution in [0.25, 0.3) is 0 Å². The maximum Gasteiger partial charge on any atom is 0.406 e. The highest BCUT2D eigenvalue weighted by molar-refractivity contribution is 7.91. The van der Waals surface area contributed by atoms with E-state index in [0.29, 0.717) is 16.0 Å². The Morgan fingerprint density at radius 2 is 1.69 bits per heavy atom. The van der Waals surface area contributed by atoms with E-state index in [1.54, 1.807) is 32.4 Å². The molecule has 0 spiro atoms. The maximum absolute atomic E-state index is 14.0. The van der Waals surface area contributed by atoms with E-state index in [1.165, 1.54) is 12.1 Å². The summed E-state index contributed by atoms with van der Waals surface area (Å²) in [6.45, 7) is 5.31. The number of alkyl halides is 3. The second-order valence-electron chi connectivity index (χ2n) is 8.38. The molecule has 7 nitrogen and oxygen atoms in total. The molecule has 32 heavy (non-hydrogen) atoms. The number of carbonyl (C=O) groups is 2. The number of carbonyl (C=O) groups excluding carboxylic acids is 2. The van der Waals surface area contributed by atoms with Crippen LogP contribution in [0.15, 0.2) is 12.1 Å². The summed E-state index contributed by atoms with van der Waals surface area (Å²) < 4.78 is 79.1. The Labute approximate surface area is 184 Å². The normalized spacial score (nSPS) is 17.8. The molecule has 0 bridgehead atoms. The first-order valence-electron chi connectivity index (χ1n) is 10.1. The van der Waals surface area contributed by atoms with Crippen LogP contribution in [0.5, 0.6) is 0 Å². The number of rotatable bonds is 6. The number of hydrogen-bond donors (Lipinski definition) is 2. The minimum absolute atomic E-state index is 0.0436. The number of likely N-dealkylation sites (tertiary alicyclic amines) is 1. The molecule has 12 heteroatoms. The summed E-state index contributed by atoms with van der Waals surface area (Å²) >= 11 is 0. The van der Waals surface area contributed by atoms with Crippen LogP contribution in [0.4, 0.5) is 28.0 Å². The van der Waals surface area contributed by atoms with Gasteiger partial charge in [-0.3, -0.25) is 4.79 Å². The van der Waals surface area contributed by atoms with E-state index in [4.69, 9.17) is 0 Å². The average molecular weight is 482 g/mol. The molecular weight excluding hydrogens is 454 g/mol. The summed E-state index contributed by atoms with van der Waals surface area (Å²) in [5.41, 5.74) is 1.15. The third-order valence-corrected chi connectivity index (χ3v) is 6.76. The van der Waals surface area contributed by atoms with E-state index in [-0.39, 0.29) is 36.9 Å². The molecule has 2 N–H and O–H groups in total. The highest BCUT2D eigenvalue weighted by Gasteiger charge is 2.43. The zero-order chi connectivity index (χ0) is 24.4. The van der Waals surface area contributed by atoms with Crippen molar-refractivity contribution >= 4 is 27.6 Å². The van der Waals surface area contributed by atoms with Gasteiger partial charge in [0.05, 0.1) is 0 Å². The minimum atomic E-state index is -4.67. The number of amides is 3. The predicted molar refractivity (Wildman–Crippen MR) is 111 cm³/mol. The zero-order valence-electron chi connectivity index (χ0n) is 18.2. The SMILES string of the molecule is CC(C)c1cc(F)cc(C(C)C)c1NC(=O)NS(=O)(=O)C1CCCN(CC(F)(F)F)C1=O. The van der Waals surface area contributed by atoms with Crippen molar-refractivity contribution in [2.45, 2.75) is 63.8 Å². The highest BCUT2D eigenvalue weighted by Crippen LogP contribution is 2.33. The van der Waals surface area contributed by atoms with Gasteiger partial charge in [-0.2, -0.15) is 13.2 Å². The first-order valence-corrected chi connectivity index (χ1v) is 11.7. The van der Waals surface area contributed by atoms with Crippen molar-refractivity contribution in [2.24, 2.45) is 0 Å². The highest BCUT2D eigenvalue weighted by atomic mass is 32.2. The predicted octanol–water partition coefficient (Wildman–Crippen LogP) is 4.08. The van der Waals surface area contributed by atoms with Gasteiger partial charge in [0.1, 0.15) is 12.4 Å². The molecule has 1 fully saturated rings. The monoisotopic (exact) mass is 481 g/mol. The van der Waals surface area contributed by atoms with E-state index in [9.17, 15) is 35.6 Å². The fourth-order valence-electron chi connectivity index (χ4n) is 3.61. The van der Waals surface area contributed by atoms with Gasteiger partial charge in [0, 0.05) is 12.2 Å². The fourth-order valence-corrected chi connectivity index (χ4v) is 4.95. The number of hydrogen-bond acceptors (Lipinski definition) is 4. The van der Waals surface area contributed by atoms with E-state index in [2.05, 4.69) is 5.32 Å². The number of benzene rings is 1. The van der Waals surface area contributed by atoms with Gasteiger partial charge >= 0.3 is 12.2 Å². The van der Waals surface area contributed by atoms with Gasteiger partial charge in [-0.05, 0) is 47.9 Å². The lowest BCUT2D eigenvalue weighted by atomic mass is 9.92. The lowest BCUT2D eigenvalue weighted by Gasteiger charge is -2.32. The number of nitrogens with zero attached hydrogens (tertiary/aromatic N) is 1. The Morgan fingerprint density at radius 1 is 1.16 bits per heavy atom. The van der Waals surface area contributed by atoms with E-state index in [1.807, 2.05) is 0 Å². The topological polar surface area (TPSA) is 95.6 Å². The molecule has 1 heterocycles. The summed E-state index contributed by atoms with van der Waals surface area (Å²) in [5, 5.41) is 0.615. The van der Waals surface area contributed by atoms with Crippen LogP contribution in [0.3, 0.4) is 0 Å². The molecule has 3 amide bonds. The molecule has 1 atom stereocenters. The van der Waals surface area contributed by atoms with E-state index < -0.39 is 45.7 Å². The third-order valence-electron chi connectivity index (χ3n) is 5.11. The molecule has 0 saturated carbocycles. The number of piperidine rings is 1.